The highest BCUT2D eigenvalue weighted by atomic mass is 35.5. The fourth-order valence-corrected chi connectivity index (χ4v) is 5.34. The number of aliphatic hydroxyl groups is 2. The van der Waals surface area contributed by atoms with Gasteiger partial charge in [0.2, 0.25) is 10.0 Å². The molecule has 1 aliphatic heterocycles. The number of nitrogens with zero attached hydrogens (tertiary/aromatic N) is 3. The van der Waals surface area contributed by atoms with Crippen molar-refractivity contribution >= 4 is 27.2 Å². The molecule has 2 aromatic rings. The average Bonchev–Trinajstić information content (AvgIpc) is 3.13. The van der Waals surface area contributed by atoms with Crippen LogP contribution in [-0.2, 0) is 10.0 Å². The third-order valence-electron chi connectivity index (χ3n) is 5.19. The summed E-state index contributed by atoms with van der Waals surface area (Å²) in [6, 6.07) is 2.77. The second-order valence-corrected chi connectivity index (χ2v) is 9.77. The minimum absolute atomic E-state index is 0.0461. The summed E-state index contributed by atoms with van der Waals surface area (Å²) in [6.45, 7) is 2.08. The maximum atomic E-state index is 13.1. The molecule has 0 saturated carbocycles. The molecule has 3 heterocycles. The van der Waals surface area contributed by atoms with E-state index in [2.05, 4.69) is 15.0 Å². The van der Waals surface area contributed by atoms with Gasteiger partial charge < -0.3 is 15.2 Å². The third kappa shape index (κ3) is 5.81. The fraction of sp³-hybridized carbons (Fsp3) is 0.429. The molecule has 3 N–H and O–H groups in total. The van der Waals surface area contributed by atoms with Crippen molar-refractivity contribution in [2.75, 3.05) is 26.3 Å². The first-order valence-electron chi connectivity index (χ1n) is 10.2. The van der Waals surface area contributed by atoms with Gasteiger partial charge in [-0.2, -0.15) is 4.31 Å². The van der Waals surface area contributed by atoms with Crippen molar-refractivity contribution in [3.05, 3.63) is 52.1 Å². The number of imidazole rings is 1. The van der Waals surface area contributed by atoms with Crippen LogP contribution >= 0.6 is 11.6 Å². The highest BCUT2D eigenvalue weighted by Crippen LogP contribution is 2.33. The number of aromatic amines is 1. The molecule has 1 atom stereocenters. The molecule has 2 aromatic heterocycles. The largest absolute Gasteiger partial charge is 0.396 e. The molecule has 8 nitrogen and oxygen atoms in total. The summed E-state index contributed by atoms with van der Waals surface area (Å²) in [4.78, 5) is 11.4. The first kappa shape index (κ1) is 24.5. The summed E-state index contributed by atoms with van der Waals surface area (Å²) in [5.41, 5.74) is 2.34. The highest BCUT2D eigenvalue weighted by Gasteiger charge is 2.30. The fourth-order valence-electron chi connectivity index (χ4n) is 3.58. The van der Waals surface area contributed by atoms with E-state index in [9.17, 15) is 17.9 Å². The molecule has 3 rings (SSSR count). The van der Waals surface area contributed by atoms with Crippen molar-refractivity contribution < 1.29 is 23.0 Å². The van der Waals surface area contributed by atoms with Gasteiger partial charge in [-0.15, -0.1) is 0 Å². The molecule has 0 unspecified atom stereocenters. The zero-order chi connectivity index (χ0) is 23.3. The molecule has 11 heteroatoms. The van der Waals surface area contributed by atoms with E-state index in [1.807, 2.05) is 6.92 Å². The smallest absolute Gasteiger partial charge is 0.236 e. The Morgan fingerprint density at radius 2 is 2.12 bits per heavy atom. The molecule has 0 bridgehead atoms. The lowest BCUT2D eigenvalue weighted by atomic mass is 9.95. The van der Waals surface area contributed by atoms with Gasteiger partial charge in [0.15, 0.2) is 5.82 Å². The van der Waals surface area contributed by atoms with E-state index in [-0.39, 0.29) is 38.6 Å². The second kappa shape index (κ2) is 10.7. The van der Waals surface area contributed by atoms with E-state index in [0.717, 1.165) is 11.8 Å². The van der Waals surface area contributed by atoms with Crippen LogP contribution < -0.4 is 0 Å². The number of hydrogen-bond donors (Lipinski definition) is 3. The zero-order valence-electron chi connectivity index (χ0n) is 17.6. The molecule has 0 amide bonds. The van der Waals surface area contributed by atoms with Gasteiger partial charge in [-0.05, 0) is 42.9 Å². The SMILES string of the molecule is C[C@H]1CN(S(=O)(=O)/C=C(\CCO)CCCO)CC=C1c1nc(-c2ccc(F)cn2)[nH]c1Cl. The lowest BCUT2D eigenvalue weighted by Crippen LogP contribution is -2.37. The van der Waals surface area contributed by atoms with Gasteiger partial charge in [0.25, 0.3) is 0 Å². The van der Waals surface area contributed by atoms with Crippen molar-refractivity contribution in [3.63, 3.8) is 0 Å². The summed E-state index contributed by atoms with van der Waals surface area (Å²) in [5, 5.41) is 19.7. The Labute approximate surface area is 191 Å². The minimum atomic E-state index is -3.70. The summed E-state index contributed by atoms with van der Waals surface area (Å²) < 4.78 is 40.3. The number of halogens is 2. The Balaban J connectivity index is 1.82. The van der Waals surface area contributed by atoms with Crippen LogP contribution in [0.3, 0.4) is 0 Å². The van der Waals surface area contributed by atoms with Gasteiger partial charge in [-0.25, -0.2) is 22.8 Å². The van der Waals surface area contributed by atoms with Crippen LogP contribution in [0.2, 0.25) is 5.15 Å². The minimum Gasteiger partial charge on any atom is -0.396 e. The molecule has 1 aliphatic rings. The monoisotopic (exact) mass is 484 g/mol. The van der Waals surface area contributed by atoms with Gasteiger partial charge in [0.1, 0.15) is 22.4 Å². The number of sulfonamides is 1. The van der Waals surface area contributed by atoms with E-state index in [1.165, 1.54) is 21.8 Å². The Hall–Kier alpha value is -2.11. The molecule has 0 fully saturated rings. The van der Waals surface area contributed by atoms with Crippen molar-refractivity contribution in [2.24, 2.45) is 5.92 Å². The summed E-state index contributed by atoms with van der Waals surface area (Å²) in [7, 11) is -3.70. The van der Waals surface area contributed by atoms with Crippen LogP contribution in [0.25, 0.3) is 17.1 Å². The lowest BCUT2D eigenvalue weighted by Gasteiger charge is -2.29. The lowest BCUT2D eigenvalue weighted by molar-refractivity contribution is 0.280. The summed E-state index contributed by atoms with van der Waals surface area (Å²) in [5.74, 6) is -0.238. The van der Waals surface area contributed by atoms with Crippen LogP contribution in [0.4, 0.5) is 4.39 Å². The first-order chi connectivity index (χ1) is 15.2. The molecular formula is C21H26ClFN4O4S. The molecule has 32 heavy (non-hydrogen) atoms. The predicted molar refractivity (Wildman–Crippen MR) is 121 cm³/mol. The second-order valence-electron chi connectivity index (χ2n) is 7.61. The van der Waals surface area contributed by atoms with Crippen LogP contribution in [0.15, 0.2) is 35.4 Å². The van der Waals surface area contributed by atoms with Crippen molar-refractivity contribution in [1.82, 2.24) is 19.3 Å². The van der Waals surface area contributed by atoms with Gasteiger partial charge in [-0.3, -0.25) is 0 Å². The van der Waals surface area contributed by atoms with Gasteiger partial charge in [0.05, 0.1) is 6.20 Å². The number of pyridine rings is 1. The molecule has 0 spiro atoms. The van der Waals surface area contributed by atoms with Crippen molar-refractivity contribution in [1.29, 1.82) is 0 Å². The molecule has 0 radical (unpaired) electrons. The van der Waals surface area contributed by atoms with Gasteiger partial charge >= 0.3 is 0 Å². The number of aliphatic hydroxyl groups excluding tert-OH is 2. The van der Waals surface area contributed by atoms with E-state index >= 15 is 0 Å². The molecule has 0 saturated heterocycles. The maximum Gasteiger partial charge on any atom is 0.236 e. The zero-order valence-corrected chi connectivity index (χ0v) is 19.2. The Kier molecular flexibility index (Phi) is 8.18. The maximum absolute atomic E-state index is 13.1. The summed E-state index contributed by atoms with van der Waals surface area (Å²) >= 11 is 6.36. The standard InChI is InChI=1S/C21H26ClFN4O4S/c1-14-12-27(32(30,31)13-15(7-10-29)3-2-9-28)8-6-17(14)19-20(22)26-21(25-19)18-5-4-16(23)11-24-18/h4-6,11,13-14,28-29H,2-3,7-10,12H2,1H3,(H,25,26)/b15-13-/t14-/m0/s1. The predicted octanol–water partition coefficient (Wildman–Crippen LogP) is 2.97. The normalized spacial score (nSPS) is 18.1. The molecular weight excluding hydrogens is 459 g/mol. The molecule has 0 aromatic carbocycles. The Bertz CT molecular complexity index is 1100. The van der Waals surface area contributed by atoms with E-state index in [4.69, 9.17) is 16.7 Å². The number of hydrogen-bond acceptors (Lipinski definition) is 6. The number of aromatic nitrogens is 3. The highest BCUT2D eigenvalue weighted by molar-refractivity contribution is 7.92. The van der Waals surface area contributed by atoms with E-state index < -0.39 is 15.8 Å². The van der Waals surface area contributed by atoms with Crippen LogP contribution in [-0.4, -0.2) is 64.2 Å². The van der Waals surface area contributed by atoms with Crippen LogP contribution in [0, 0.1) is 11.7 Å². The summed E-state index contributed by atoms with van der Waals surface area (Å²) in [6.07, 6.45) is 3.96. The first-order valence-corrected chi connectivity index (χ1v) is 12.1. The average molecular weight is 485 g/mol. The molecule has 0 aliphatic carbocycles. The van der Waals surface area contributed by atoms with Gasteiger partial charge in [0, 0.05) is 31.7 Å². The van der Waals surface area contributed by atoms with E-state index in [0.29, 0.717) is 40.8 Å². The number of nitrogens with one attached hydrogen (secondary N) is 1. The third-order valence-corrected chi connectivity index (χ3v) is 7.11. The number of H-pyrrole nitrogens is 1. The van der Waals surface area contributed by atoms with E-state index in [1.54, 1.807) is 6.08 Å². The Morgan fingerprint density at radius 1 is 1.34 bits per heavy atom. The topological polar surface area (TPSA) is 119 Å². The molecule has 174 valence electrons. The van der Waals surface area contributed by atoms with Crippen molar-refractivity contribution in [2.45, 2.75) is 26.2 Å². The quantitative estimate of drug-likeness (QED) is 0.503. The van der Waals surface area contributed by atoms with Crippen LogP contribution in [0.1, 0.15) is 31.9 Å². The van der Waals surface area contributed by atoms with Gasteiger partial charge in [-0.1, -0.05) is 30.2 Å². The van der Waals surface area contributed by atoms with Crippen LogP contribution in [0.5, 0.6) is 0 Å². The van der Waals surface area contributed by atoms with Crippen molar-refractivity contribution in [3.8, 4) is 11.5 Å². The number of rotatable bonds is 9. The Morgan fingerprint density at radius 3 is 2.75 bits per heavy atom.